The maximum Gasteiger partial charge on any atom is 0.416 e. The first-order valence-electron chi connectivity index (χ1n) is 9.63. The Morgan fingerprint density at radius 3 is 2.59 bits per heavy atom. The Bertz CT molecular complexity index is 1310. The van der Waals surface area contributed by atoms with Crippen molar-refractivity contribution in [2.45, 2.75) is 12.7 Å². The summed E-state index contributed by atoms with van der Waals surface area (Å²) in [5.74, 6) is -1.03. The molecule has 4 nitrogen and oxygen atoms in total. The van der Waals surface area contributed by atoms with Gasteiger partial charge in [0.05, 0.1) is 11.8 Å². The molecule has 0 saturated carbocycles. The second-order valence-corrected chi connectivity index (χ2v) is 7.17. The van der Waals surface area contributed by atoms with E-state index in [1.165, 1.54) is 30.5 Å². The molecule has 0 bridgehead atoms. The van der Waals surface area contributed by atoms with Crippen molar-refractivity contribution in [2.75, 3.05) is 0 Å². The van der Waals surface area contributed by atoms with Gasteiger partial charge in [-0.3, -0.25) is 4.79 Å². The number of alkyl halides is 3. The molecule has 3 aromatic carbocycles. The van der Waals surface area contributed by atoms with Gasteiger partial charge in [-0.2, -0.15) is 18.3 Å². The van der Waals surface area contributed by atoms with Crippen molar-refractivity contribution >= 4 is 23.0 Å². The van der Waals surface area contributed by atoms with E-state index in [1.54, 1.807) is 12.1 Å². The highest BCUT2D eigenvalue weighted by Gasteiger charge is 2.30. The predicted octanol–water partition coefficient (Wildman–Crippen LogP) is 5.61. The molecule has 0 aliphatic rings. The summed E-state index contributed by atoms with van der Waals surface area (Å²) in [6.07, 6.45) is -1.22. The van der Waals surface area contributed by atoms with Gasteiger partial charge in [0.1, 0.15) is 5.82 Å². The summed E-state index contributed by atoms with van der Waals surface area (Å²) < 4.78 is 53.8. The monoisotopic (exact) mass is 439 g/mol. The smallest absolute Gasteiger partial charge is 0.343 e. The van der Waals surface area contributed by atoms with E-state index in [4.69, 9.17) is 0 Å². The molecule has 0 radical (unpaired) electrons. The number of benzene rings is 3. The zero-order valence-corrected chi connectivity index (χ0v) is 16.6. The maximum absolute atomic E-state index is 13.4. The fourth-order valence-corrected chi connectivity index (χ4v) is 3.34. The molecule has 162 valence electrons. The Kier molecular flexibility index (Phi) is 5.77. The minimum absolute atomic E-state index is 0.137. The van der Waals surface area contributed by atoms with Crippen LogP contribution in [0.5, 0.6) is 0 Å². The summed E-state index contributed by atoms with van der Waals surface area (Å²) in [7, 11) is 0. The molecule has 4 rings (SSSR count). The second-order valence-electron chi connectivity index (χ2n) is 7.17. The number of amides is 1. The lowest BCUT2D eigenvalue weighted by Crippen LogP contribution is -2.18. The third-order valence-corrected chi connectivity index (χ3v) is 4.87. The van der Waals surface area contributed by atoms with E-state index < -0.39 is 17.6 Å². The van der Waals surface area contributed by atoms with E-state index in [0.717, 1.165) is 28.6 Å². The lowest BCUT2D eigenvalue weighted by Gasteiger charge is -2.07. The molecule has 0 saturated heterocycles. The first-order chi connectivity index (χ1) is 15.3. The van der Waals surface area contributed by atoms with Crippen LogP contribution in [0.3, 0.4) is 0 Å². The van der Waals surface area contributed by atoms with E-state index >= 15 is 0 Å². The van der Waals surface area contributed by atoms with Crippen LogP contribution in [-0.2, 0) is 12.7 Å². The van der Waals surface area contributed by atoms with Gasteiger partial charge in [-0.15, -0.1) is 0 Å². The van der Waals surface area contributed by atoms with Crippen LogP contribution in [0.4, 0.5) is 17.6 Å². The summed E-state index contributed by atoms with van der Waals surface area (Å²) in [6, 6.07) is 18.0. The number of carbonyl (C=O) groups excluding carboxylic acids is 1. The Morgan fingerprint density at radius 2 is 1.81 bits per heavy atom. The van der Waals surface area contributed by atoms with Crippen LogP contribution in [0.25, 0.3) is 10.9 Å². The number of carbonyl (C=O) groups is 1. The highest BCUT2D eigenvalue weighted by atomic mass is 19.4. The predicted molar refractivity (Wildman–Crippen MR) is 114 cm³/mol. The lowest BCUT2D eigenvalue weighted by molar-refractivity contribution is -0.137. The number of hydrazone groups is 1. The largest absolute Gasteiger partial charge is 0.416 e. The van der Waals surface area contributed by atoms with Crippen molar-refractivity contribution in [3.8, 4) is 0 Å². The maximum atomic E-state index is 13.4. The fraction of sp³-hybridized carbons (Fsp3) is 0.0833. The van der Waals surface area contributed by atoms with Crippen molar-refractivity contribution in [1.29, 1.82) is 0 Å². The first kappa shape index (κ1) is 21.3. The minimum atomic E-state index is -4.53. The van der Waals surface area contributed by atoms with Crippen molar-refractivity contribution < 1.29 is 22.4 Å². The third kappa shape index (κ3) is 4.85. The molecule has 1 amide bonds. The SMILES string of the molecule is O=C(N/N=C/c1ccc2c(ccn2Cc2cccc(F)c2)c1)c1cccc(C(F)(F)F)c1. The van der Waals surface area contributed by atoms with Gasteiger partial charge >= 0.3 is 6.18 Å². The van der Waals surface area contributed by atoms with Crippen LogP contribution >= 0.6 is 0 Å². The van der Waals surface area contributed by atoms with E-state index in [9.17, 15) is 22.4 Å². The van der Waals surface area contributed by atoms with Gasteiger partial charge < -0.3 is 4.57 Å². The molecule has 8 heteroatoms. The number of hydrogen-bond donors (Lipinski definition) is 1. The van der Waals surface area contributed by atoms with E-state index in [0.29, 0.717) is 12.1 Å². The molecule has 4 aromatic rings. The van der Waals surface area contributed by atoms with Crippen LogP contribution in [-0.4, -0.2) is 16.7 Å². The topological polar surface area (TPSA) is 46.4 Å². The zero-order chi connectivity index (χ0) is 22.7. The number of rotatable bonds is 5. The molecule has 0 unspecified atom stereocenters. The highest BCUT2D eigenvalue weighted by molar-refractivity contribution is 5.95. The van der Waals surface area contributed by atoms with Crippen LogP contribution < -0.4 is 5.43 Å². The average molecular weight is 439 g/mol. The molecule has 32 heavy (non-hydrogen) atoms. The van der Waals surface area contributed by atoms with Gasteiger partial charge in [-0.25, -0.2) is 9.82 Å². The molecule has 0 aliphatic heterocycles. The quantitative estimate of drug-likeness (QED) is 0.245. The van der Waals surface area contributed by atoms with Gasteiger partial charge in [-0.05, 0) is 59.7 Å². The molecule has 0 spiro atoms. The second kappa shape index (κ2) is 8.66. The van der Waals surface area contributed by atoms with E-state index in [1.807, 2.05) is 35.0 Å². The standard InChI is InChI=1S/C24H17F4N3O/c25-21-6-1-3-17(12-21)15-31-10-9-18-11-16(7-8-22(18)31)14-29-30-23(32)19-4-2-5-20(13-19)24(26,27)28/h1-14H,15H2,(H,30,32)/b29-14+. The van der Waals surface area contributed by atoms with Crippen molar-refractivity contribution in [2.24, 2.45) is 5.10 Å². The number of hydrogen-bond acceptors (Lipinski definition) is 2. The van der Waals surface area contributed by atoms with Crippen LogP contribution in [0, 0.1) is 5.82 Å². The summed E-state index contributed by atoms with van der Waals surface area (Å²) in [6.45, 7) is 0.516. The first-order valence-corrected chi connectivity index (χ1v) is 9.63. The van der Waals surface area contributed by atoms with Gasteiger partial charge in [0.25, 0.3) is 5.91 Å². The summed E-state index contributed by atoms with van der Waals surface area (Å²) in [5, 5.41) is 4.77. The Balaban J connectivity index is 1.45. The molecule has 1 aromatic heterocycles. The molecular weight excluding hydrogens is 422 g/mol. The van der Waals surface area contributed by atoms with E-state index in [2.05, 4.69) is 10.5 Å². The Hall–Kier alpha value is -3.94. The number of nitrogens with one attached hydrogen (secondary N) is 1. The molecule has 0 atom stereocenters. The van der Waals surface area contributed by atoms with E-state index in [-0.39, 0.29) is 11.4 Å². The van der Waals surface area contributed by atoms with Gasteiger partial charge in [-0.1, -0.05) is 24.3 Å². The van der Waals surface area contributed by atoms with Gasteiger partial charge in [0.2, 0.25) is 0 Å². The number of halogens is 4. The van der Waals surface area contributed by atoms with Gasteiger partial charge in [0.15, 0.2) is 0 Å². The number of nitrogens with zero attached hydrogens (tertiary/aromatic N) is 2. The van der Waals surface area contributed by atoms with Crippen molar-refractivity contribution in [3.63, 3.8) is 0 Å². The summed E-state index contributed by atoms with van der Waals surface area (Å²) in [5.41, 5.74) is 3.68. The number of fused-ring (bicyclic) bond motifs is 1. The molecule has 1 N–H and O–H groups in total. The average Bonchev–Trinajstić information content (AvgIpc) is 3.15. The van der Waals surface area contributed by atoms with Crippen molar-refractivity contribution in [1.82, 2.24) is 9.99 Å². The normalized spacial score (nSPS) is 11.9. The fourth-order valence-electron chi connectivity index (χ4n) is 3.34. The van der Waals surface area contributed by atoms with Gasteiger partial charge in [0, 0.05) is 29.2 Å². The summed E-state index contributed by atoms with van der Waals surface area (Å²) in [4.78, 5) is 12.1. The molecular formula is C24H17F4N3O. The lowest BCUT2D eigenvalue weighted by atomic mass is 10.1. The Morgan fingerprint density at radius 1 is 1.00 bits per heavy atom. The minimum Gasteiger partial charge on any atom is -0.343 e. The van der Waals surface area contributed by atoms with Crippen LogP contribution in [0.1, 0.15) is 27.0 Å². The molecule has 0 fully saturated rings. The number of aromatic nitrogens is 1. The zero-order valence-electron chi connectivity index (χ0n) is 16.6. The highest BCUT2D eigenvalue weighted by Crippen LogP contribution is 2.29. The molecule has 1 heterocycles. The third-order valence-electron chi connectivity index (χ3n) is 4.87. The van der Waals surface area contributed by atoms with Crippen LogP contribution in [0.2, 0.25) is 0 Å². The van der Waals surface area contributed by atoms with Crippen molar-refractivity contribution in [3.05, 3.63) is 107 Å². The molecule has 0 aliphatic carbocycles. The Labute approximate surface area is 180 Å². The summed E-state index contributed by atoms with van der Waals surface area (Å²) >= 11 is 0. The van der Waals surface area contributed by atoms with Crippen LogP contribution in [0.15, 0.2) is 84.1 Å².